The van der Waals surface area contributed by atoms with E-state index in [0.717, 1.165) is 11.1 Å². The molecule has 5 nitrogen and oxygen atoms in total. The highest BCUT2D eigenvalue weighted by atomic mass is 16.5. The first-order valence-electron chi connectivity index (χ1n) is 6.04. The van der Waals surface area contributed by atoms with Crippen molar-refractivity contribution in [2.75, 3.05) is 25.6 Å². The Kier molecular flexibility index (Phi) is 3.57. The third-order valence-electron chi connectivity index (χ3n) is 3.35. The second-order valence-electron chi connectivity index (χ2n) is 4.84. The van der Waals surface area contributed by atoms with Crippen molar-refractivity contribution in [1.29, 1.82) is 0 Å². The fourth-order valence-corrected chi connectivity index (χ4v) is 1.96. The van der Waals surface area contributed by atoms with Gasteiger partial charge in [-0.2, -0.15) is 0 Å². The highest BCUT2D eigenvalue weighted by Crippen LogP contribution is 2.31. The molecule has 19 heavy (non-hydrogen) atoms. The molecule has 1 aliphatic rings. The summed E-state index contributed by atoms with van der Waals surface area (Å²) in [5.74, 6) is -0.930. The first-order chi connectivity index (χ1) is 8.99. The molecule has 1 saturated heterocycles. The second-order valence-corrected chi connectivity index (χ2v) is 4.84. The molecule has 1 aromatic carbocycles. The highest BCUT2D eigenvalue weighted by Gasteiger charge is 2.54. The van der Waals surface area contributed by atoms with Crippen LogP contribution in [-0.4, -0.2) is 32.2 Å². The van der Waals surface area contributed by atoms with E-state index < -0.39 is 11.4 Å². The van der Waals surface area contributed by atoms with E-state index in [2.05, 4.69) is 5.32 Å². The molecule has 0 spiro atoms. The van der Waals surface area contributed by atoms with Gasteiger partial charge in [0.2, 0.25) is 5.91 Å². The second kappa shape index (κ2) is 5.01. The van der Waals surface area contributed by atoms with Crippen molar-refractivity contribution in [2.24, 2.45) is 5.41 Å². The van der Waals surface area contributed by atoms with Crippen molar-refractivity contribution in [3.63, 3.8) is 0 Å². The number of benzene rings is 1. The summed E-state index contributed by atoms with van der Waals surface area (Å²) < 4.78 is 9.70. The average molecular weight is 263 g/mol. The van der Waals surface area contributed by atoms with Crippen molar-refractivity contribution < 1.29 is 19.1 Å². The van der Waals surface area contributed by atoms with Gasteiger partial charge in [-0.1, -0.05) is 12.1 Å². The van der Waals surface area contributed by atoms with Gasteiger partial charge in [0.05, 0.1) is 20.3 Å². The smallest absolute Gasteiger partial charge is 0.326 e. The van der Waals surface area contributed by atoms with Gasteiger partial charge in [0.1, 0.15) is 0 Å². The number of carbonyl (C=O) groups excluding carboxylic acids is 2. The molecular formula is C14H17NO4. The van der Waals surface area contributed by atoms with Gasteiger partial charge in [-0.15, -0.1) is 0 Å². The Morgan fingerprint density at radius 1 is 1.32 bits per heavy atom. The van der Waals surface area contributed by atoms with Crippen molar-refractivity contribution in [1.82, 2.24) is 0 Å². The third-order valence-corrected chi connectivity index (χ3v) is 3.35. The SMILES string of the molecule is COC(=O)C1(C(=O)Nc2cc(C)ccc2C)COC1. The van der Waals surface area contributed by atoms with Crippen LogP contribution in [0.4, 0.5) is 5.69 Å². The molecule has 1 amide bonds. The predicted octanol–water partition coefficient (Wildman–Crippen LogP) is 1.43. The van der Waals surface area contributed by atoms with E-state index in [1.54, 1.807) is 0 Å². The van der Waals surface area contributed by atoms with Gasteiger partial charge in [-0.3, -0.25) is 9.59 Å². The maximum atomic E-state index is 12.3. The van der Waals surface area contributed by atoms with Crippen LogP contribution in [0.25, 0.3) is 0 Å². The lowest BCUT2D eigenvalue weighted by Crippen LogP contribution is -2.57. The summed E-state index contributed by atoms with van der Waals surface area (Å²) in [7, 11) is 1.27. The number of aryl methyl sites for hydroxylation is 2. The average Bonchev–Trinajstić information content (AvgIpc) is 2.32. The maximum absolute atomic E-state index is 12.3. The molecule has 1 heterocycles. The Balaban J connectivity index is 2.21. The molecule has 1 aliphatic heterocycles. The summed E-state index contributed by atoms with van der Waals surface area (Å²) in [6.07, 6.45) is 0. The Morgan fingerprint density at radius 2 is 2.00 bits per heavy atom. The van der Waals surface area contributed by atoms with Crippen molar-refractivity contribution >= 4 is 17.6 Å². The first kappa shape index (κ1) is 13.5. The van der Waals surface area contributed by atoms with Crippen molar-refractivity contribution in [2.45, 2.75) is 13.8 Å². The minimum Gasteiger partial charge on any atom is -0.468 e. The Morgan fingerprint density at radius 3 is 2.53 bits per heavy atom. The van der Waals surface area contributed by atoms with Crippen LogP contribution in [0.2, 0.25) is 0 Å². The standard InChI is InChI=1S/C14H17NO4/c1-9-4-5-10(2)11(6-9)15-12(16)14(7-19-8-14)13(17)18-3/h4-6H,7-8H2,1-3H3,(H,15,16). The summed E-state index contributed by atoms with van der Waals surface area (Å²) in [6, 6.07) is 5.76. The molecular weight excluding hydrogens is 246 g/mol. The number of nitrogens with one attached hydrogen (secondary N) is 1. The van der Waals surface area contributed by atoms with Gasteiger partial charge in [-0.05, 0) is 31.0 Å². The normalized spacial score (nSPS) is 16.4. The van der Waals surface area contributed by atoms with Crippen LogP contribution in [0, 0.1) is 19.3 Å². The Hall–Kier alpha value is -1.88. The molecule has 102 valence electrons. The van der Waals surface area contributed by atoms with Gasteiger partial charge < -0.3 is 14.8 Å². The van der Waals surface area contributed by atoms with Gasteiger partial charge in [-0.25, -0.2) is 0 Å². The quantitative estimate of drug-likeness (QED) is 0.662. The number of ether oxygens (including phenoxy) is 2. The monoisotopic (exact) mass is 263 g/mol. The number of methoxy groups -OCH3 is 1. The number of carbonyl (C=O) groups is 2. The summed E-state index contributed by atoms with van der Waals surface area (Å²) in [5, 5.41) is 2.79. The first-order valence-corrected chi connectivity index (χ1v) is 6.04. The minimum absolute atomic E-state index is 0.0658. The third kappa shape index (κ3) is 2.33. The van der Waals surface area contributed by atoms with Crippen LogP contribution >= 0.6 is 0 Å². The fourth-order valence-electron chi connectivity index (χ4n) is 1.96. The van der Waals surface area contributed by atoms with E-state index in [9.17, 15) is 9.59 Å². The van der Waals surface area contributed by atoms with Crippen molar-refractivity contribution in [3.8, 4) is 0 Å². The molecule has 0 saturated carbocycles. The van der Waals surface area contributed by atoms with Gasteiger partial charge in [0.15, 0.2) is 5.41 Å². The molecule has 0 aromatic heterocycles. The number of amides is 1. The molecule has 0 atom stereocenters. The minimum atomic E-state index is -1.20. The topological polar surface area (TPSA) is 64.6 Å². The lowest BCUT2D eigenvalue weighted by atomic mass is 9.84. The number of rotatable bonds is 3. The molecule has 1 N–H and O–H groups in total. The summed E-state index contributed by atoms with van der Waals surface area (Å²) >= 11 is 0. The Labute approximate surface area is 111 Å². The molecule has 0 radical (unpaired) electrons. The molecule has 0 unspecified atom stereocenters. The Bertz CT molecular complexity index is 520. The maximum Gasteiger partial charge on any atom is 0.326 e. The highest BCUT2D eigenvalue weighted by molar-refractivity contribution is 6.10. The molecule has 1 fully saturated rings. The van der Waals surface area contributed by atoms with E-state index in [0.29, 0.717) is 5.69 Å². The summed E-state index contributed by atoms with van der Waals surface area (Å²) in [6.45, 7) is 3.97. The summed E-state index contributed by atoms with van der Waals surface area (Å²) in [4.78, 5) is 24.0. The number of anilines is 1. The van der Waals surface area contributed by atoms with Crippen LogP contribution in [0.15, 0.2) is 18.2 Å². The largest absolute Gasteiger partial charge is 0.468 e. The zero-order valence-electron chi connectivity index (χ0n) is 11.3. The van der Waals surface area contributed by atoms with E-state index in [4.69, 9.17) is 9.47 Å². The molecule has 0 bridgehead atoms. The number of hydrogen-bond acceptors (Lipinski definition) is 4. The summed E-state index contributed by atoms with van der Waals surface area (Å²) in [5.41, 5.74) is 1.49. The lowest BCUT2D eigenvalue weighted by molar-refractivity contribution is -0.185. The molecule has 2 rings (SSSR count). The van der Waals surface area contributed by atoms with Crippen LogP contribution < -0.4 is 5.32 Å². The molecule has 0 aliphatic carbocycles. The van der Waals surface area contributed by atoms with Crippen LogP contribution in [0.3, 0.4) is 0 Å². The lowest BCUT2D eigenvalue weighted by Gasteiger charge is -2.36. The zero-order valence-corrected chi connectivity index (χ0v) is 11.3. The molecule has 5 heteroatoms. The van der Waals surface area contributed by atoms with E-state index >= 15 is 0 Å². The van der Waals surface area contributed by atoms with Crippen LogP contribution in [-0.2, 0) is 19.1 Å². The van der Waals surface area contributed by atoms with Gasteiger partial charge >= 0.3 is 5.97 Å². The van der Waals surface area contributed by atoms with E-state index in [1.807, 2.05) is 32.0 Å². The van der Waals surface area contributed by atoms with E-state index in [1.165, 1.54) is 7.11 Å². The fraction of sp³-hybridized carbons (Fsp3) is 0.429. The molecule has 1 aromatic rings. The van der Waals surface area contributed by atoms with Gasteiger partial charge in [0, 0.05) is 5.69 Å². The predicted molar refractivity (Wildman–Crippen MR) is 69.8 cm³/mol. The zero-order chi connectivity index (χ0) is 14.0. The van der Waals surface area contributed by atoms with Crippen LogP contribution in [0.1, 0.15) is 11.1 Å². The van der Waals surface area contributed by atoms with Gasteiger partial charge in [0.25, 0.3) is 0 Å². The van der Waals surface area contributed by atoms with Crippen LogP contribution in [0.5, 0.6) is 0 Å². The number of esters is 1. The van der Waals surface area contributed by atoms with E-state index in [-0.39, 0.29) is 19.1 Å². The number of hydrogen-bond donors (Lipinski definition) is 1. The van der Waals surface area contributed by atoms with Crippen molar-refractivity contribution in [3.05, 3.63) is 29.3 Å².